The van der Waals surface area contributed by atoms with Crippen molar-refractivity contribution in [3.63, 3.8) is 0 Å². The van der Waals surface area contributed by atoms with Crippen LogP contribution in [0.5, 0.6) is 0 Å². The first-order valence-corrected chi connectivity index (χ1v) is 6.02. The van der Waals surface area contributed by atoms with E-state index in [-0.39, 0.29) is 42.3 Å². The van der Waals surface area contributed by atoms with Crippen molar-refractivity contribution in [1.82, 2.24) is 0 Å². The van der Waals surface area contributed by atoms with Gasteiger partial charge in [-0.1, -0.05) is 35.9 Å². The second kappa shape index (κ2) is 7.84. The first kappa shape index (κ1) is 16.4. The van der Waals surface area contributed by atoms with Crippen molar-refractivity contribution in [1.29, 1.82) is 0 Å². The minimum Gasteiger partial charge on any atom is -0.370 e. The van der Waals surface area contributed by atoms with Gasteiger partial charge < -0.3 is 11.1 Å². The summed E-state index contributed by atoms with van der Waals surface area (Å²) in [6.07, 6.45) is 0. The van der Waals surface area contributed by atoms with Crippen LogP contribution in [-0.4, -0.2) is 5.96 Å². The molecule has 0 aliphatic carbocycles. The monoisotopic (exact) mass is 385 g/mol. The van der Waals surface area contributed by atoms with Crippen molar-refractivity contribution in [3.8, 4) is 0 Å². The van der Waals surface area contributed by atoms with Gasteiger partial charge in [-0.05, 0) is 25.1 Å². The number of nitrogens with zero attached hydrogens (tertiary/aromatic N) is 1. The largest absolute Gasteiger partial charge is 0.370 e. The van der Waals surface area contributed by atoms with Gasteiger partial charge in [-0.3, -0.25) is 0 Å². The van der Waals surface area contributed by atoms with E-state index in [0.29, 0.717) is 5.56 Å². The summed E-state index contributed by atoms with van der Waals surface area (Å²) in [7, 11) is 0. The van der Waals surface area contributed by atoms with Crippen LogP contribution in [0.4, 0.5) is 10.1 Å². The molecule has 0 aromatic heterocycles. The van der Waals surface area contributed by atoms with Gasteiger partial charge >= 0.3 is 0 Å². The van der Waals surface area contributed by atoms with Gasteiger partial charge in [0.15, 0.2) is 5.96 Å². The van der Waals surface area contributed by atoms with Gasteiger partial charge in [0, 0.05) is 11.3 Å². The Morgan fingerprint density at radius 1 is 1.15 bits per heavy atom. The van der Waals surface area contributed by atoms with Crippen molar-refractivity contribution < 1.29 is 4.39 Å². The van der Waals surface area contributed by atoms with E-state index in [1.54, 1.807) is 18.2 Å². The third kappa shape index (κ3) is 4.80. The molecule has 20 heavy (non-hydrogen) atoms. The molecule has 3 nitrogen and oxygen atoms in total. The molecule has 0 spiro atoms. The maximum absolute atomic E-state index is 13.4. The third-order valence-electron chi connectivity index (χ3n) is 2.70. The molecule has 0 unspecified atom stereocenters. The van der Waals surface area contributed by atoms with E-state index in [1.807, 2.05) is 31.2 Å². The predicted molar refractivity (Wildman–Crippen MR) is 91.9 cm³/mol. The van der Waals surface area contributed by atoms with Crippen LogP contribution in [0.25, 0.3) is 0 Å². The molecule has 0 atom stereocenters. The summed E-state index contributed by atoms with van der Waals surface area (Å²) in [5.74, 6) is 0.00138. The van der Waals surface area contributed by atoms with Crippen LogP contribution in [0, 0.1) is 12.7 Å². The zero-order chi connectivity index (χ0) is 13.7. The molecule has 0 fully saturated rings. The van der Waals surface area contributed by atoms with Crippen molar-refractivity contribution in [2.45, 2.75) is 13.5 Å². The highest BCUT2D eigenvalue weighted by Gasteiger charge is 2.00. The predicted octanol–water partition coefficient (Wildman–Crippen LogP) is 3.68. The number of benzene rings is 2. The third-order valence-corrected chi connectivity index (χ3v) is 2.70. The molecular weight excluding hydrogens is 368 g/mol. The average molecular weight is 385 g/mol. The van der Waals surface area contributed by atoms with Crippen LogP contribution in [0.2, 0.25) is 0 Å². The molecule has 0 heterocycles. The lowest BCUT2D eigenvalue weighted by molar-refractivity contribution is 0.611. The number of aliphatic imine (C=N–C) groups is 1. The minimum atomic E-state index is -0.269. The molecule has 2 aromatic carbocycles. The molecule has 0 aliphatic rings. The molecule has 2 aromatic rings. The number of nitrogens with two attached hydrogens (primary N) is 1. The molecular formula is C15H17FIN3. The summed E-state index contributed by atoms with van der Waals surface area (Å²) < 4.78 is 13.4. The van der Waals surface area contributed by atoms with E-state index >= 15 is 0 Å². The highest BCUT2D eigenvalue weighted by Crippen LogP contribution is 2.09. The lowest BCUT2D eigenvalue weighted by atomic mass is 10.2. The smallest absolute Gasteiger partial charge is 0.193 e. The fourth-order valence-corrected chi connectivity index (χ4v) is 1.62. The van der Waals surface area contributed by atoms with E-state index < -0.39 is 0 Å². The summed E-state index contributed by atoms with van der Waals surface area (Å²) >= 11 is 0. The SMILES string of the molecule is Cc1ccc(NC(N)=NCc2ccccc2F)cc1.I. The molecule has 0 aliphatic heterocycles. The van der Waals surface area contributed by atoms with Crippen molar-refractivity contribution >= 4 is 35.6 Å². The lowest BCUT2D eigenvalue weighted by Gasteiger charge is -2.06. The number of hydrogen-bond donors (Lipinski definition) is 2. The van der Waals surface area contributed by atoms with E-state index in [1.165, 1.54) is 11.6 Å². The summed E-state index contributed by atoms with van der Waals surface area (Å²) in [6.45, 7) is 2.23. The lowest BCUT2D eigenvalue weighted by Crippen LogP contribution is -2.22. The Morgan fingerprint density at radius 3 is 2.45 bits per heavy atom. The molecule has 0 saturated carbocycles. The van der Waals surface area contributed by atoms with Crippen LogP contribution < -0.4 is 11.1 Å². The first-order chi connectivity index (χ1) is 9.15. The van der Waals surface area contributed by atoms with Gasteiger partial charge in [0.05, 0.1) is 6.54 Å². The van der Waals surface area contributed by atoms with E-state index in [2.05, 4.69) is 10.3 Å². The van der Waals surface area contributed by atoms with Crippen molar-refractivity contribution in [2.24, 2.45) is 10.7 Å². The molecule has 5 heteroatoms. The minimum absolute atomic E-state index is 0. The second-order valence-corrected chi connectivity index (χ2v) is 4.28. The number of aryl methyl sites for hydroxylation is 1. The van der Waals surface area contributed by atoms with Gasteiger partial charge in [0.1, 0.15) is 5.82 Å². The molecule has 0 saturated heterocycles. The average Bonchev–Trinajstić information content (AvgIpc) is 2.40. The maximum Gasteiger partial charge on any atom is 0.193 e. The molecule has 0 bridgehead atoms. The van der Waals surface area contributed by atoms with Crippen LogP contribution in [0.15, 0.2) is 53.5 Å². The molecule has 2 rings (SSSR count). The normalized spacial score (nSPS) is 10.8. The van der Waals surface area contributed by atoms with Crippen LogP contribution in [0.3, 0.4) is 0 Å². The zero-order valence-electron chi connectivity index (χ0n) is 11.1. The topological polar surface area (TPSA) is 50.4 Å². The number of nitrogens with one attached hydrogen (secondary N) is 1. The summed E-state index contributed by atoms with van der Waals surface area (Å²) in [5, 5.41) is 2.96. The zero-order valence-corrected chi connectivity index (χ0v) is 13.5. The van der Waals surface area contributed by atoms with E-state index in [4.69, 9.17) is 5.73 Å². The molecule has 106 valence electrons. The maximum atomic E-state index is 13.4. The standard InChI is InChI=1S/C15H16FN3.HI/c1-11-6-8-13(9-7-11)19-15(17)18-10-12-4-2-3-5-14(12)16;/h2-9H,10H2,1H3,(H3,17,18,19);1H. The van der Waals surface area contributed by atoms with Crippen molar-refractivity contribution in [3.05, 3.63) is 65.5 Å². The molecule has 0 amide bonds. The Labute approximate surface area is 135 Å². The molecule has 0 radical (unpaired) electrons. The van der Waals surface area contributed by atoms with Gasteiger partial charge in [-0.15, -0.1) is 24.0 Å². The summed E-state index contributed by atoms with van der Waals surface area (Å²) in [4.78, 5) is 4.12. The fraction of sp³-hybridized carbons (Fsp3) is 0.133. The Bertz CT molecular complexity index is 582. The Hall–Kier alpha value is -1.63. The van der Waals surface area contributed by atoms with Crippen molar-refractivity contribution in [2.75, 3.05) is 5.32 Å². The fourth-order valence-electron chi connectivity index (χ4n) is 1.62. The van der Waals surface area contributed by atoms with E-state index in [0.717, 1.165) is 5.69 Å². The summed E-state index contributed by atoms with van der Waals surface area (Å²) in [6, 6.07) is 14.3. The van der Waals surface area contributed by atoms with Crippen LogP contribution in [0.1, 0.15) is 11.1 Å². The Kier molecular flexibility index (Phi) is 6.44. The highest BCUT2D eigenvalue weighted by atomic mass is 127. The number of hydrogen-bond acceptors (Lipinski definition) is 1. The van der Waals surface area contributed by atoms with Crippen LogP contribution >= 0.6 is 24.0 Å². The van der Waals surface area contributed by atoms with Gasteiger partial charge in [-0.25, -0.2) is 9.38 Å². The number of anilines is 1. The van der Waals surface area contributed by atoms with E-state index in [9.17, 15) is 4.39 Å². The highest BCUT2D eigenvalue weighted by molar-refractivity contribution is 14.0. The summed E-state index contributed by atoms with van der Waals surface area (Å²) in [5.41, 5.74) is 8.32. The van der Waals surface area contributed by atoms with Crippen LogP contribution in [-0.2, 0) is 6.54 Å². The molecule has 3 N–H and O–H groups in total. The van der Waals surface area contributed by atoms with Gasteiger partial charge in [0.2, 0.25) is 0 Å². The number of guanidine groups is 1. The first-order valence-electron chi connectivity index (χ1n) is 6.02. The van der Waals surface area contributed by atoms with Gasteiger partial charge in [0.25, 0.3) is 0 Å². The Balaban J connectivity index is 0.00000200. The second-order valence-electron chi connectivity index (χ2n) is 4.28. The quantitative estimate of drug-likeness (QED) is 0.481. The number of rotatable bonds is 3. The van der Waals surface area contributed by atoms with Gasteiger partial charge in [-0.2, -0.15) is 0 Å². The Morgan fingerprint density at radius 2 is 1.80 bits per heavy atom. The number of halogens is 2.